The number of rotatable bonds is 1. The average Bonchev–Trinajstić information content (AvgIpc) is 2.89. The normalized spacial score (nSPS) is 48.7. The van der Waals surface area contributed by atoms with Crippen LogP contribution in [0.2, 0.25) is 0 Å². The molecule has 0 aromatic heterocycles. The van der Waals surface area contributed by atoms with Crippen LogP contribution in [0.25, 0.3) is 0 Å². The Morgan fingerprint density at radius 3 is 2.74 bits per heavy atom. The smallest absolute Gasteiger partial charge is 0.302 e. The van der Waals surface area contributed by atoms with Crippen LogP contribution in [0, 0.1) is 28.6 Å². The summed E-state index contributed by atoms with van der Waals surface area (Å²) in [6.45, 7) is 6.64. The zero-order valence-electron chi connectivity index (χ0n) is 15.1. The number of ether oxygens (including phenoxy) is 1. The Hall–Kier alpha value is -0.790. The molecule has 3 saturated carbocycles. The van der Waals surface area contributed by atoms with Crippen LogP contribution in [0.4, 0.5) is 0 Å². The minimum Gasteiger partial charge on any atom is -0.462 e. The minimum atomic E-state index is -0.118. The van der Waals surface area contributed by atoms with Crippen molar-refractivity contribution in [3.63, 3.8) is 0 Å². The first-order chi connectivity index (χ1) is 10.9. The first-order valence-electron chi connectivity index (χ1n) is 9.79. The summed E-state index contributed by atoms with van der Waals surface area (Å²) in [4.78, 5) is 11.3. The van der Waals surface area contributed by atoms with E-state index >= 15 is 0 Å². The molecule has 0 aromatic carbocycles. The van der Waals surface area contributed by atoms with Gasteiger partial charge in [-0.25, -0.2) is 0 Å². The average molecular weight is 316 g/mol. The lowest BCUT2D eigenvalue weighted by atomic mass is 9.48. The highest BCUT2D eigenvalue weighted by Crippen LogP contribution is 2.64. The Bertz CT molecular complexity index is 536. The Balaban J connectivity index is 1.58. The van der Waals surface area contributed by atoms with Crippen molar-refractivity contribution in [3.05, 3.63) is 11.6 Å². The van der Waals surface area contributed by atoms with E-state index in [1.807, 2.05) is 0 Å². The topological polar surface area (TPSA) is 26.3 Å². The molecule has 0 aliphatic heterocycles. The lowest BCUT2D eigenvalue weighted by Crippen LogP contribution is -2.49. The first kappa shape index (κ1) is 15.7. The lowest BCUT2D eigenvalue weighted by Gasteiger charge is -2.57. The van der Waals surface area contributed by atoms with E-state index in [0.29, 0.717) is 10.8 Å². The molecule has 0 bridgehead atoms. The van der Waals surface area contributed by atoms with E-state index < -0.39 is 0 Å². The van der Waals surface area contributed by atoms with Crippen LogP contribution in [0.1, 0.15) is 78.6 Å². The van der Waals surface area contributed by atoms with Crippen molar-refractivity contribution in [3.8, 4) is 0 Å². The van der Waals surface area contributed by atoms with E-state index in [0.717, 1.165) is 30.6 Å². The van der Waals surface area contributed by atoms with Crippen LogP contribution < -0.4 is 0 Å². The number of carbonyl (C=O) groups is 1. The van der Waals surface area contributed by atoms with Gasteiger partial charge in [0.2, 0.25) is 0 Å². The molecule has 2 heteroatoms. The predicted molar refractivity (Wildman–Crippen MR) is 91.9 cm³/mol. The summed E-state index contributed by atoms with van der Waals surface area (Å²) in [5, 5.41) is 0. The van der Waals surface area contributed by atoms with Gasteiger partial charge < -0.3 is 4.74 Å². The Kier molecular flexibility index (Phi) is 3.66. The Labute approximate surface area is 141 Å². The third-order valence-corrected chi connectivity index (χ3v) is 8.17. The van der Waals surface area contributed by atoms with Gasteiger partial charge in [0.05, 0.1) is 0 Å². The third kappa shape index (κ3) is 2.39. The second kappa shape index (κ2) is 5.36. The SMILES string of the molecule is CC(=O)O[C@H]1CC[C@@]2(C)C(=CC[C@@H]3[C@H]2CC[C@]2(C)CCC[C@@H]32)C1. The van der Waals surface area contributed by atoms with Gasteiger partial charge >= 0.3 is 5.97 Å². The van der Waals surface area contributed by atoms with Gasteiger partial charge in [-0.2, -0.15) is 0 Å². The summed E-state index contributed by atoms with van der Waals surface area (Å²) in [7, 11) is 0. The van der Waals surface area contributed by atoms with Gasteiger partial charge in [0.15, 0.2) is 0 Å². The van der Waals surface area contributed by atoms with Crippen LogP contribution >= 0.6 is 0 Å². The molecule has 4 rings (SSSR count). The van der Waals surface area contributed by atoms with E-state index in [9.17, 15) is 4.79 Å². The van der Waals surface area contributed by atoms with E-state index in [2.05, 4.69) is 19.9 Å². The highest BCUT2D eigenvalue weighted by molar-refractivity contribution is 5.66. The summed E-state index contributed by atoms with van der Waals surface area (Å²) in [6, 6.07) is 0. The van der Waals surface area contributed by atoms with Crippen molar-refractivity contribution in [2.24, 2.45) is 28.6 Å². The maximum atomic E-state index is 11.3. The maximum Gasteiger partial charge on any atom is 0.302 e. The largest absolute Gasteiger partial charge is 0.462 e. The zero-order valence-corrected chi connectivity index (χ0v) is 15.1. The Morgan fingerprint density at radius 2 is 1.96 bits per heavy atom. The molecule has 23 heavy (non-hydrogen) atoms. The van der Waals surface area contributed by atoms with Gasteiger partial charge in [0.25, 0.3) is 0 Å². The van der Waals surface area contributed by atoms with E-state index in [4.69, 9.17) is 4.74 Å². The van der Waals surface area contributed by atoms with Gasteiger partial charge in [-0.15, -0.1) is 0 Å². The summed E-state index contributed by atoms with van der Waals surface area (Å²) >= 11 is 0. The number of allylic oxidation sites excluding steroid dienone is 1. The molecule has 128 valence electrons. The van der Waals surface area contributed by atoms with E-state index in [1.165, 1.54) is 44.9 Å². The first-order valence-corrected chi connectivity index (χ1v) is 9.79. The monoisotopic (exact) mass is 316 g/mol. The van der Waals surface area contributed by atoms with Crippen molar-refractivity contribution in [1.82, 2.24) is 0 Å². The molecule has 4 aliphatic carbocycles. The molecule has 0 amide bonds. The van der Waals surface area contributed by atoms with Crippen molar-refractivity contribution in [1.29, 1.82) is 0 Å². The highest BCUT2D eigenvalue weighted by atomic mass is 16.5. The molecule has 0 spiro atoms. The van der Waals surface area contributed by atoms with Gasteiger partial charge in [0.1, 0.15) is 6.10 Å². The quantitative estimate of drug-likeness (QED) is 0.486. The van der Waals surface area contributed by atoms with Crippen molar-refractivity contribution in [2.75, 3.05) is 0 Å². The van der Waals surface area contributed by atoms with Crippen LogP contribution in [-0.4, -0.2) is 12.1 Å². The third-order valence-electron chi connectivity index (χ3n) is 8.17. The summed E-state index contributed by atoms with van der Waals surface area (Å²) < 4.78 is 5.53. The minimum absolute atomic E-state index is 0.118. The second-order valence-electron chi connectivity index (χ2n) is 9.32. The lowest BCUT2D eigenvalue weighted by molar-refractivity contribution is -0.148. The van der Waals surface area contributed by atoms with Gasteiger partial charge in [-0.05, 0) is 73.5 Å². The van der Waals surface area contributed by atoms with Crippen LogP contribution in [0.3, 0.4) is 0 Å². The van der Waals surface area contributed by atoms with Crippen LogP contribution in [-0.2, 0) is 9.53 Å². The fourth-order valence-corrected chi connectivity index (χ4v) is 6.96. The number of hydrogen-bond acceptors (Lipinski definition) is 2. The fraction of sp³-hybridized carbons (Fsp3) is 0.857. The molecule has 6 atom stereocenters. The van der Waals surface area contributed by atoms with Gasteiger partial charge in [-0.3, -0.25) is 4.79 Å². The second-order valence-corrected chi connectivity index (χ2v) is 9.32. The predicted octanol–water partition coefficient (Wildman–Crippen LogP) is 5.27. The number of esters is 1. The standard InChI is InChI=1S/C21H32O2/c1-14(22)23-16-8-12-21(3)15(13-16)6-7-17-18-5-4-10-20(18,2)11-9-19(17)21/h6,16-19H,4-5,7-13H2,1-3H3/t16-,17-,18-,19+,20-,21-/m0/s1. The number of hydrogen-bond donors (Lipinski definition) is 0. The van der Waals surface area contributed by atoms with Gasteiger partial charge in [-0.1, -0.05) is 31.9 Å². The fourth-order valence-electron chi connectivity index (χ4n) is 6.96. The number of fused-ring (bicyclic) bond motifs is 5. The summed E-state index contributed by atoms with van der Waals surface area (Å²) in [5.74, 6) is 2.63. The van der Waals surface area contributed by atoms with Gasteiger partial charge in [0, 0.05) is 13.3 Å². The molecular weight excluding hydrogens is 284 g/mol. The van der Waals surface area contributed by atoms with Crippen LogP contribution in [0.15, 0.2) is 11.6 Å². The molecule has 0 heterocycles. The molecule has 0 aromatic rings. The van der Waals surface area contributed by atoms with Crippen molar-refractivity contribution in [2.45, 2.75) is 84.7 Å². The molecule has 0 radical (unpaired) electrons. The van der Waals surface area contributed by atoms with Crippen molar-refractivity contribution < 1.29 is 9.53 Å². The Morgan fingerprint density at radius 1 is 1.13 bits per heavy atom. The van der Waals surface area contributed by atoms with Crippen molar-refractivity contribution >= 4 is 5.97 Å². The molecule has 2 nitrogen and oxygen atoms in total. The highest BCUT2D eigenvalue weighted by Gasteiger charge is 2.55. The maximum absolute atomic E-state index is 11.3. The van der Waals surface area contributed by atoms with Crippen LogP contribution in [0.5, 0.6) is 0 Å². The van der Waals surface area contributed by atoms with E-state index in [1.54, 1.807) is 12.5 Å². The number of carbonyl (C=O) groups excluding carboxylic acids is 1. The zero-order chi connectivity index (χ0) is 16.2. The molecular formula is C21H32O2. The molecule has 0 unspecified atom stereocenters. The van der Waals surface area contributed by atoms with E-state index in [-0.39, 0.29) is 12.1 Å². The molecule has 0 N–H and O–H groups in total. The molecule has 3 fully saturated rings. The molecule has 4 aliphatic rings. The summed E-state index contributed by atoms with van der Waals surface area (Å²) in [5.41, 5.74) is 2.62. The molecule has 0 saturated heterocycles. The summed E-state index contributed by atoms with van der Waals surface area (Å²) in [6.07, 6.45) is 14.5.